The van der Waals surface area contributed by atoms with Crippen LogP contribution >= 0.6 is 0 Å². The molecule has 104 valence electrons. The van der Waals surface area contributed by atoms with Crippen LogP contribution in [0.25, 0.3) is 0 Å². The van der Waals surface area contributed by atoms with E-state index < -0.39 is 0 Å². The van der Waals surface area contributed by atoms with Gasteiger partial charge in [0.1, 0.15) is 0 Å². The maximum atomic E-state index is 12.6. The highest BCUT2D eigenvalue weighted by Crippen LogP contribution is 2.26. The summed E-state index contributed by atoms with van der Waals surface area (Å²) in [7, 11) is 2.10. The van der Waals surface area contributed by atoms with Crippen LogP contribution in [0.5, 0.6) is 0 Å². The van der Waals surface area contributed by atoms with Crippen LogP contribution < -0.4 is 0 Å². The largest absolute Gasteiger partial charge is 0.335 e. The second-order valence-corrected chi connectivity index (χ2v) is 5.97. The first-order valence-corrected chi connectivity index (χ1v) is 7.19. The van der Waals surface area contributed by atoms with E-state index in [1.54, 1.807) is 0 Å². The smallest absolute Gasteiger partial charge is 0.274 e. The van der Waals surface area contributed by atoms with Crippen LogP contribution in [0.1, 0.15) is 35.1 Å². The number of aromatic amines is 1. The lowest BCUT2D eigenvalue weighted by Gasteiger charge is -2.32. The second-order valence-electron chi connectivity index (χ2n) is 5.97. The number of aryl methyl sites for hydroxylation is 1. The number of hydrogen-bond acceptors (Lipinski definition) is 3. The number of amides is 1. The van der Waals surface area contributed by atoms with Crippen molar-refractivity contribution >= 4 is 5.91 Å². The van der Waals surface area contributed by atoms with Gasteiger partial charge in [-0.1, -0.05) is 6.92 Å². The lowest BCUT2D eigenvalue weighted by Crippen LogP contribution is -2.47. The minimum Gasteiger partial charge on any atom is -0.335 e. The molecule has 1 amide bonds. The molecule has 5 heteroatoms. The fourth-order valence-electron chi connectivity index (χ4n) is 3.01. The third-order valence-electron chi connectivity index (χ3n) is 4.39. The van der Waals surface area contributed by atoms with E-state index in [-0.39, 0.29) is 5.91 Å². The highest BCUT2D eigenvalue weighted by molar-refractivity contribution is 5.94. The molecule has 5 nitrogen and oxygen atoms in total. The highest BCUT2D eigenvalue weighted by Gasteiger charge is 2.28. The zero-order valence-corrected chi connectivity index (χ0v) is 11.8. The Balaban J connectivity index is 1.79. The van der Waals surface area contributed by atoms with E-state index >= 15 is 0 Å². The van der Waals surface area contributed by atoms with E-state index in [1.807, 2.05) is 4.90 Å². The summed E-state index contributed by atoms with van der Waals surface area (Å²) in [6, 6.07) is 0. The van der Waals surface area contributed by atoms with E-state index in [1.165, 1.54) is 17.7 Å². The molecule has 0 saturated carbocycles. The van der Waals surface area contributed by atoms with Gasteiger partial charge in [0.2, 0.25) is 0 Å². The van der Waals surface area contributed by atoms with Crippen LogP contribution in [0.3, 0.4) is 0 Å². The summed E-state index contributed by atoms with van der Waals surface area (Å²) >= 11 is 0. The predicted octanol–water partition coefficient (Wildman–Crippen LogP) is 0.922. The zero-order valence-electron chi connectivity index (χ0n) is 11.8. The summed E-state index contributed by atoms with van der Waals surface area (Å²) in [4.78, 5) is 16.8. The number of nitrogens with one attached hydrogen (secondary N) is 1. The molecule has 1 N–H and O–H groups in total. The van der Waals surface area contributed by atoms with E-state index in [0.717, 1.165) is 39.0 Å². The Morgan fingerprint density at radius 3 is 2.79 bits per heavy atom. The molecule has 2 heterocycles. The van der Waals surface area contributed by atoms with Crippen LogP contribution in [0, 0.1) is 5.92 Å². The number of fused-ring (bicyclic) bond motifs is 1. The van der Waals surface area contributed by atoms with Crippen molar-refractivity contribution in [3.63, 3.8) is 0 Å². The molecule has 0 bridgehead atoms. The van der Waals surface area contributed by atoms with Crippen molar-refractivity contribution in [3.8, 4) is 0 Å². The van der Waals surface area contributed by atoms with Crippen LogP contribution in [0.2, 0.25) is 0 Å². The molecule has 1 aromatic rings. The fraction of sp³-hybridized carbons (Fsp3) is 0.714. The van der Waals surface area contributed by atoms with E-state index in [9.17, 15) is 4.79 Å². The fourth-order valence-corrected chi connectivity index (χ4v) is 3.01. The predicted molar refractivity (Wildman–Crippen MR) is 73.2 cm³/mol. The summed E-state index contributed by atoms with van der Waals surface area (Å²) in [5, 5.41) is 7.36. The molecule has 0 aromatic carbocycles. The van der Waals surface area contributed by atoms with Crippen molar-refractivity contribution < 1.29 is 4.79 Å². The molecule has 1 fully saturated rings. The minimum absolute atomic E-state index is 0.111. The van der Waals surface area contributed by atoms with Crippen molar-refractivity contribution in [1.82, 2.24) is 20.0 Å². The van der Waals surface area contributed by atoms with Gasteiger partial charge in [-0.2, -0.15) is 5.10 Å². The van der Waals surface area contributed by atoms with Gasteiger partial charge in [0, 0.05) is 37.4 Å². The summed E-state index contributed by atoms with van der Waals surface area (Å²) in [5.41, 5.74) is 3.02. The topological polar surface area (TPSA) is 52.2 Å². The highest BCUT2D eigenvalue weighted by atomic mass is 16.2. The maximum absolute atomic E-state index is 12.6. The van der Waals surface area contributed by atoms with Gasteiger partial charge in [-0.25, -0.2) is 0 Å². The number of nitrogens with zero attached hydrogens (tertiary/aromatic N) is 3. The van der Waals surface area contributed by atoms with Crippen LogP contribution in [-0.4, -0.2) is 59.1 Å². The normalized spacial score (nSPS) is 24.3. The Morgan fingerprint density at radius 2 is 2.05 bits per heavy atom. The third-order valence-corrected chi connectivity index (χ3v) is 4.39. The lowest BCUT2D eigenvalue weighted by atomic mass is 9.87. The third kappa shape index (κ3) is 2.39. The molecule has 1 aromatic heterocycles. The van der Waals surface area contributed by atoms with Gasteiger partial charge in [0.05, 0.1) is 0 Å². The first-order chi connectivity index (χ1) is 9.15. The van der Waals surface area contributed by atoms with Crippen LogP contribution in [0.15, 0.2) is 0 Å². The Kier molecular flexibility index (Phi) is 3.31. The molecule has 1 aliphatic heterocycles. The Morgan fingerprint density at radius 1 is 1.32 bits per heavy atom. The summed E-state index contributed by atoms with van der Waals surface area (Å²) in [5.74, 6) is 0.767. The van der Waals surface area contributed by atoms with Gasteiger partial charge in [-0.3, -0.25) is 9.89 Å². The first kappa shape index (κ1) is 12.7. The first-order valence-electron chi connectivity index (χ1n) is 7.19. The maximum Gasteiger partial charge on any atom is 0.274 e. The van der Waals surface area contributed by atoms with Crippen molar-refractivity contribution in [2.45, 2.75) is 26.2 Å². The summed E-state index contributed by atoms with van der Waals surface area (Å²) in [6.07, 6.45) is 3.21. The number of carbonyl (C=O) groups is 1. The van der Waals surface area contributed by atoms with Gasteiger partial charge >= 0.3 is 0 Å². The number of piperazine rings is 1. The summed E-state index contributed by atoms with van der Waals surface area (Å²) in [6.45, 7) is 5.78. The van der Waals surface area contributed by atoms with Crippen molar-refractivity contribution in [1.29, 1.82) is 0 Å². The Bertz CT molecular complexity index is 474. The molecule has 0 radical (unpaired) electrons. The average molecular weight is 262 g/mol. The van der Waals surface area contributed by atoms with E-state index in [0.29, 0.717) is 11.6 Å². The molecule has 1 saturated heterocycles. The van der Waals surface area contributed by atoms with Gasteiger partial charge < -0.3 is 9.80 Å². The van der Waals surface area contributed by atoms with Crippen molar-refractivity contribution in [3.05, 3.63) is 17.0 Å². The number of hydrogen-bond donors (Lipinski definition) is 1. The standard InChI is InChI=1S/C14H22N4O/c1-10-3-4-12-11(9-10)13(16-15-12)14(19)18-7-5-17(2)6-8-18/h10H,3-9H2,1-2H3,(H,15,16)/t10-/m1/s1. The number of likely N-dealkylation sites (N-methyl/N-ethyl adjacent to an activating group) is 1. The number of aromatic nitrogens is 2. The quantitative estimate of drug-likeness (QED) is 0.819. The zero-order chi connectivity index (χ0) is 13.4. The van der Waals surface area contributed by atoms with Gasteiger partial charge in [0.25, 0.3) is 5.91 Å². The molecule has 19 heavy (non-hydrogen) atoms. The molecule has 0 unspecified atom stereocenters. The van der Waals surface area contributed by atoms with Crippen LogP contribution in [0.4, 0.5) is 0 Å². The van der Waals surface area contributed by atoms with E-state index in [4.69, 9.17) is 0 Å². The second kappa shape index (κ2) is 4.96. The molecule has 3 rings (SSSR count). The van der Waals surface area contributed by atoms with Crippen LogP contribution in [-0.2, 0) is 12.8 Å². The molecular weight excluding hydrogens is 240 g/mol. The average Bonchev–Trinajstić information content (AvgIpc) is 2.81. The Labute approximate surface area is 114 Å². The summed E-state index contributed by atoms with van der Waals surface area (Å²) < 4.78 is 0. The van der Waals surface area contributed by atoms with Crippen molar-refractivity contribution in [2.24, 2.45) is 5.92 Å². The minimum atomic E-state index is 0.111. The molecule has 0 spiro atoms. The van der Waals surface area contributed by atoms with Crippen molar-refractivity contribution in [2.75, 3.05) is 33.2 Å². The number of H-pyrrole nitrogens is 1. The number of carbonyl (C=O) groups excluding carboxylic acids is 1. The number of rotatable bonds is 1. The molecule has 2 aliphatic rings. The van der Waals surface area contributed by atoms with E-state index in [2.05, 4.69) is 29.1 Å². The lowest BCUT2D eigenvalue weighted by molar-refractivity contribution is 0.0656. The molecule has 1 aliphatic carbocycles. The monoisotopic (exact) mass is 262 g/mol. The van der Waals surface area contributed by atoms with Gasteiger partial charge in [-0.15, -0.1) is 0 Å². The Hall–Kier alpha value is -1.36. The van der Waals surface area contributed by atoms with Gasteiger partial charge in [-0.05, 0) is 32.2 Å². The molecular formula is C14H22N4O. The van der Waals surface area contributed by atoms with Gasteiger partial charge in [0.15, 0.2) is 5.69 Å². The molecule has 1 atom stereocenters. The SMILES string of the molecule is C[C@@H]1CCc2[nH]nc(C(=O)N3CCN(C)CC3)c2C1.